The molecule has 2 N–H and O–H groups in total. The maximum absolute atomic E-state index is 13.9. The zero-order valence-corrected chi connectivity index (χ0v) is 10.7. The third kappa shape index (κ3) is 3.08. The normalized spacial score (nSPS) is 15.6. The Hall–Kier alpha value is -1.95. The van der Waals surface area contributed by atoms with Crippen molar-refractivity contribution in [2.24, 2.45) is 0 Å². The van der Waals surface area contributed by atoms with E-state index in [0.29, 0.717) is 24.3 Å². The van der Waals surface area contributed by atoms with Crippen LogP contribution in [0.15, 0.2) is 18.2 Å². The lowest BCUT2D eigenvalue weighted by molar-refractivity contribution is -0.130. The summed E-state index contributed by atoms with van der Waals surface area (Å²) < 4.78 is 13.9. The monoisotopic (exact) mass is 265 g/mol. The molecular weight excluding hydrogens is 249 g/mol. The van der Waals surface area contributed by atoms with Gasteiger partial charge in [0.15, 0.2) is 0 Å². The number of hydrogen-bond donors (Lipinski definition) is 2. The molecule has 6 heteroatoms. The standard InChI is InChI=1S/C13H16FN3O2/c1-2-15-6-9-10(14)4-3-5-11(9)17-7-12(18)16-13(19)8-17/h3-5,15H,2,6-8H2,1H3,(H,16,18,19). The summed E-state index contributed by atoms with van der Waals surface area (Å²) in [7, 11) is 0. The Morgan fingerprint density at radius 3 is 2.63 bits per heavy atom. The molecule has 1 aliphatic heterocycles. The third-order valence-corrected chi connectivity index (χ3v) is 2.93. The summed E-state index contributed by atoms with van der Waals surface area (Å²) in [4.78, 5) is 24.4. The van der Waals surface area contributed by atoms with Gasteiger partial charge in [-0.3, -0.25) is 14.9 Å². The van der Waals surface area contributed by atoms with Crippen molar-refractivity contribution in [2.45, 2.75) is 13.5 Å². The molecule has 2 rings (SSSR count). The first-order chi connectivity index (χ1) is 9.11. The molecule has 2 amide bonds. The van der Waals surface area contributed by atoms with Gasteiger partial charge in [-0.2, -0.15) is 0 Å². The zero-order chi connectivity index (χ0) is 13.8. The van der Waals surface area contributed by atoms with Crippen LogP contribution >= 0.6 is 0 Å². The van der Waals surface area contributed by atoms with Gasteiger partial charge in [0.1, 0.15) is 5.82 Å². The molecule has 0 bridgehead atoms. The summed E-state index contributed by atoms with van der Waals surface area (Å²) in [6, 6.07) is 4.68. The number of anilines is 1. The van der Waals surface area contributed by atoms with Gasteiger partial charge in [0.05, 0.1) is 13.1 Å². The average Bonchev–Trinajstić information content (AvgIpc) is 2.36. The van der Waals surface area contributed by atoms with Crippen molar-refractivity contribution in [1.82, 2.24) is 10.6 Å². The van der Waals surface area contributed by atoms with Crippen LogP contribution in [0.25, 0.3) is 0 Å². The number of carbonyl (C=O) groups excluding carboxylic acids is 2. The van der Waals surface area contributed by atoms with Crippen molar-refractivity contribution in [1.29, 1.82) is 0 Å². The molecule has 0 spiro atoms. The highest BCUT2D eigenvalue weighted by Crippen LogP contribution is 2.23. The molecule has 1 aromatic rings. The van der Waals surface area contributed by atoms with Crippen molar-refractivity contribution in [3.8, 4) is 0 Å². The van der Waals surface area contributed by atoms with Crippen molar-refractivity contribution in [3.05, 3.63) is 29.6 Å². The lowest BCUT2D eigenvalue weighted by Gasteiger charge is -2.29. The Balaban J connectivity index is 2.30. The minimum atomic E-state index is -0.366. The van der Waals surface area contributed by atoms with Gasteiger partial charge in [0.25, 0.3) is 0 Å². The zero-order valence-electron chi connectivity index (χ0n) is 10.7. The van der Waals surface area contributed by atoms with Crippen molar-refractivity contribution >= 4 is 17.5 Å². The molecule has 1 saturated heterocycles. The van der Waals surface area contributed by atoms with Crippen LogP contribution < -0.4 is 15.5 Å². The van der Waals surface area contributed by atoms with Gasteiger partial charge < -0.3 is 10.2 Å². The summed E-state index contributed by atoms with van der Waals surface area (Å²) in [5, 5.41) is 5.28. The number of nitrogens with one attached hydrogen (secondary N) is 2. The van der Waals surface area contributed by atoms with Crippen molar-refractivity contribution in [3.63, 3.8) is 0 Å². The first kappa shape index (κ1) is 13.5. The van der Waals surface area contributed by atoms with Gasteiger partial charge in [-0.1, -0.05) is 13.0 Å². The molecule has 1 fully saturated rings. The summed E-state index contributed by atoms with van der Waals surface area (Å²) in [5.41, 5.74) is 1.07. The number of piperazine rings is 1. The molecule has 0 atom stereocenters. The van der Waals surface area contributed by atoms with Crippen LogP contribution in [0.2, 0.25) is 0 Å². The predicted octanol–water partition coefficient (Wildman–Crippen LogP) is 0.398. The van der Waals surface area contributed by atoms with E-state index in [1.807, 2.05) is 6.92 Å². The van der Waals surface area contributed by atoms with Crippen LogP contribution in [0, 0.1) is 5.82 Å². The number of rotatable bonds is 4. The fraction of sp³-hybridized carbons (Fsp3) is 0.385. The topological polar surface area (TPSA) is 61.4 Å². The maximum atomic E-state index is 13.9. The molecular formula is C13H16FN3O2. The van der Waals surface area contributed by atoms with Gasteiger partial charge in [-0.05, 0) is 18.7 Å². The second-order valence-electron chi connectivity index (χ2n) is 4.35. The van der Waals surface area contributed by atoms with E-state index in [-0.39, 0.29) is 30.7 Å². The molecule has 0 aliphatic carbocycles. The smallest absolute Gasteiger partial charge is 0.246 e. The highest BCUT2D eigenvalue weighted by molar-refractivity contribution is 6.02. The fourth-order valence-corrected chi connectivity index (χ4v) is 2.08. The Kier molecular flexibility index (Phi) is 4.11. The average molecular weight is 265 g/mol. The molecule has 19 heavy (non-hydrogen) atoms. The van der Waals surface area contributed by atoms with E-state index in [9.17, 15) is 14.0 Å². The second kappa shape index (κ2) is 5.79. The summed E-state index contributed by atoms with van der Waals surface area (Å²) in [5.74, 6) is -1.07. The van der Waals surface area contributed by atoms with Crippen LogP contribution in [0.3, 0.4) is 0 Å². The Morgan fingerprint density at radius 1 is 1.32 bits per heavy atom. The Bertz CT molecular complexity index is 489. The number of hydrogen-bond acceptors (Lipinski definition) is 4. The number of imide groups is 1. The van der Waals surface area contributed by atoms with E-state index in [4.69, 9.17) is 0 Å². The highest BCUT2D eigenvalue weighted by Gasteiger charge is 2.25. The molecule has 0 saturated carbocycles. The van der Waals surface area contributed by atoms with Crippen LogP contribution in [0.1, 0.15) is 12.5 Å². The van der Waals surface area contributed by atoms with Crippen LogP contribution in [0.5, 0.6) is 0 Å². The van der Waals surface area contributed by atoms with E-state index in [1.54, 1.807) is 17.0 Å². The first-order valence-corrected chi connectivity index (χ1v) is 6.17. The van der Waals surface area contributed by atoms with E-state index in [0.717, 1.165) is 0 Å². The molecule has 1 heterocycles. The molecule has 0 aromatic heterocycles. The predicted molar refractivity (Wildman–Crippen MR) is 69.1 cm³/mol. The summed E-state index contributed by atoms with van der Waals surface area (Å²) >= 11 is 0. The minimum absolute atomic E-state index is 0.0638. The number of benzene rings is 1. The Morgan fingerprint density at radius 2 is 2.00 bits per heavy atom. The molecule has 5 nitrogen and oxygen atoms in total. The van der Waals surface area contributed by atoms with Crippen molar-refractivity contribution < 1.29 is 14.0 Å². The molecule has 1 aromatic carbocycles. The van der Waals surface area contributed by atoms with Crippen LogP contribution in [0.4, 0.5) is 10.1 Å². The fourth-order valence-electron chi connectivity index (χ4n) is 2.08. The minimum Gasteiger partial charge on any atom is -0.353 e. The van der Waals surface area contributed by atoms with Gasteiger partial charge in [-0.25, -0.2) is 4.39 Å². The second-order valence-corrected chi connectivity index (χ2v) is 4.35. The largest absolute Gasteiger partial charge is 0.353 e. The van der Waals surface area contributed by atoms with Crippen LogP contribution in [-0.2, 0) is 16.1 Å². The summed E-state index contributed by atoms with van der Waals surface area (Å²) in [6.07, 6.45) is 0. The van der Waals surface area contributed by atoms with E-state index < -0.39 is 0 Å². The number of halogens is 1. The summed E-state index contributed by atoms with van der Waals surface area (Å²) in [6.45, 7) is 3.14. The van der Waals surface area contributed by atoms with Gasteiger partial charge in [0.2, 0.25) is 11.8 Å². The van der Waals surface area contributed by atoms with E-state index >= 15 is 0 Å². The SMILES string of the molecule is CCNCc1c(F)cccc1N1CC(=O)NC(=O)C1. The number of nitrogens with zero attached hydrogens (tertiary/aromatic N) is 1. The lowest BCUT2D eigenvalue weighted by atomic mass is 10.1. The van der Waals surface area contributed by atoms with E-state index in [1.165, 1.54) is 6.07 Å². The number of carbonyl (C=O) groups is 2. The van der Waals surface area contributed by atoms with Gasteiger partial charge in [-0.15, -0.1) is 0 Å². The lowest BCUT2D eigenvalue weighted by Crippen LogP contribution is -2.51. The van der Waals surface area contributed by atoms with Gasteiger partial charge in [0, 0.05) is 17.8 Å². The maximum Gasteiger partial charge on any atom is 0.246 e. The first-order valence-electron chi connectivity index (χ1n) is 6.17. The molecule has 0 unspecified atom stereocenters. The Labute approximate surface area is 110 Å². The third-order valence-electron chi connectivity index (χ3n) is 2.93. The van der Waals surface area contributed by atoms with Gasteiger partial charge >= 0.3 is 0 Å². The molecule has 0 radical (unpaired) electrons. The quantitative estimate of drug-likeness (QED) is 0.774. The van der Waals surface area contributed by atoms with Crippen LogP contribution in [-0.4, -0.2) is 31.4 Å². The van der Waals surface area contributed by atoms with E-state index in [2.05, 4.69) is 10.6 Å². The van der Waals surface area contributed by atoms with Crippen molar-refractivity contribution in [2.75, 3.05) is 24.5 Å². The molecule has 1 aliphatic rings. The number of amides is 2. The molecule has 102 valence electrons. The highest BCUT2D eigenvalue weighted by atomic mass is 19.1.